The predicted molar refractivity (Wildman–Crippen MR) is 64.3 cm³/mol. The highest BCUT2D eigenvalue weighted by molar-refractivity contribution is 6.30. The lowest BCUT2D eigenvalue weighted by molar-refractivity contribution is -0.122. The van der Waals surface area contributed by atoms with E-state index in [-0.39, 0.29) is 11.9 Å². The summed E-state index contributed by atoms with van der Waals surface area (Å²) >= 11 is 5.86. The SMILES string of the molecule is O=C(NCc1cccc(Cl)c1)[C@H]1CCCN1. The van der Waals surface area contributed by atoms with Crippen LogP contribution in [0, 0.1) is 0 Å². The zero-order valence-corrected chi connectivity index (χ0v) is 9.76. The van der Waals surface area contributed by atoms with Crippen LogP contribution in [0.2, 0.25) is 5.02 Å². The van der Waals surface area contributed by atoms with Crippen molar-refractivity contribution in [2.24, 2.45) is 0 Å². The molecule has 86 valence electrons. The molecule has 1 heterocycles. The van der Waals surface area contributed by atoms with Gasteiger partial charge < -0.3 is 10.6 Å². The number of nitrogens with one attached hydrogen (secondary N) is 2. The van der Waals surface area contributed by atoms with Crippen molar-refractivity contribution in [2.75, 3.05) is 6.54 Å². The zero-order chi connectivity index (χ0) is 11.4. The maximum absolute atomic E-state index is 11.7. The van der Waals surface area contributed by atoms with Crippen molar-refractivity contribution < 1.29 is 4.79 Å². The Morgan fingerprint density at radius 3 is 3.12 bits per heavy atom. The highest BCUT2D eigenvalue weighted by Gasteiger charge is 2.21. The fourth-order valence-electron chi connectivity index (χ4n) is 1.87. The van der Waals surface area contributed by atoms with Crippen LogP contribution in [0.1, 0.15) is 18.4 Å². The number of rotatable bonds is 3. The first-order chi connectivity index (χ1) is 7.75. The predicted octanol–water partition coefficient (Wildman–Crippen LogP) is 1.71. The number of amides is 1. The molecular weight excluding hydrogens is 224 g/mol. The second kappa shape index (κ2) is 5.32. The van der Waals surface area contributed by atoms with Gasteiger partial charge in [-0.1, -0.05) is 23.7 Å². The highest BCUT2D eigenvalue weighted by Crippen LogP contribution is 2.10. The molecule has 16 heavy (non-hydrogen) atoms. The molecule has 2 N–H and O–H groups in total. The van der Waals surface area contributed by atoms with Crippen LogP contribution in [0.3, 0.4) is 0 Å². The number of hydrogen-bond donors (Lipinski definition) is 2. The average Bonchev–Trinajstić information content (AvgIpc) is 2.79. The maximum atomic E-state index is 11.7. The minimum Gasteiger partial charge on any atom is -0.351 e. The molecule has 1 fully saturated rings. The van der Waals surface area contributed by atoms with Gasteiger partial charge in [-0.25, -0.2) is 0 Å². The second-order valence-electron chi connectivity index (χ2n) is 4.00. The van der Waals surface area contributed by atoms with Gasteiger partial charge in [-0.3, -0.25) is 4.79 Å². The van der Waals surface area contributed by atoms with Crippen LogP contribution in [0.15, 0.2) is 24.3 Å². The van der Waals surface area contributed by atoms with E-state index in [4.69, 9.17) is 11.6 Å². The van der Waals surface area contributed by atoms with Crippen molar-refractivity contribution in [2.45, 2.75) is 25.4 Å². The third-order valence-electron chi connectivity index (χ3n) is 2.73. The molecule has 1 aliphatic rings. The van der Waals surface area contributed by atoms with E-state index < -0.39 is 0 Å². The van der Waals surface area contributed by atoms with E-state index in [1.807, 2.05) is 24.3 Å². The smallest absolute Gasteiger partial charge is 0.237 e. The Balaban J connectivity index is 1.84. The van der Waals surface area contributed by atoms with Gasteiger partial charge in [-0.2, -0.15) is 0 Å². The highest BCUT2D eigenvalue weighted by atomic mass is 35.5. The summed E-state index contributed by atoms with van der Waals surface area (Å²) in [6.07, 6.45) is 2.01. The van der Waals surface area contributed by atoms with Crippen molar-refractivity contribution in [3.8, 4) is 0 Å². The van der Waals surface area contributed by atoms with Crippen molar-refractivity contribution in [1.82, 2.24) is 10.6 Å². The summed E-state index contributed by atoms with van der Waals surface area (Å²) in [5.74, 6) is 0.0810. The summed E-state index contributed by atoms with van der Waals surface area (Å²) in [4.78, 5) is 11.7. The first-order valence-electron chi connectivity index (χ1n) is 5.51. The van der Waals surface area contributed by atoms with Crippen molar-refractivity contribution in [1.29, 1.82) is 0 Å². The molecule has 0 saturated carbocycles. The third-order valence-corrected chi connectivity index (χ3v) is 2.97. The molecule has 1 saturated heterocycles. The molecule has 1 atom stereocenters. The van der Waals surface area contributed by atoms with Crippen LogP contribution in [0.4, 0.5) is 0 Å². The van der Waals surface area contributed by atoms with E-state index in [1.54, 1.807) is 0 Å². The van der Waals surface area contributed by atoms with E-state index >= 15 is 0 Å². The fourth-order valence-corrected chi connectivity index (χ4v) is 2.08. The summed E-state index contributed by atoms with van der Waals surface area (Å²) in [7, 11) is 0. The quantitative estimate of drug-likeness (QED) is 0.842. The maximum Gasteiger partial charge on any atom is 0.237 e. The largest absolute Gasteiger partial charge is 0.351 e. The van der Waals surface area contributed by atoms with Gasteiger partial charge in [0, 0.05) is 11.6 Å². The van der Waals surface area contributed by atoms with Gasteiger partial charge in [0.25, 0.3) is 0 Å². The standard InChI is InChI=1S/C12H15ClN2O/c13-10-4-1-3-9(7-10)8-15-12(16)11-5-2-6-14-11/h1,3-4,7,11,14H,2,5-6,8H2,(H,15,16)/t11-/m1/s1. The van der Waals surface area contributed by atoms with Gasteiger partial charge in [-0.15, -0.1) is 0 Å². The van der Waals surface area contributed by atoms with Crippen molar-refractivity contribution in [3.05, 3.63) is 34.9 Å². The van der Waals surface area contributed by atoms with Gasteiger partial charge in [0.05, 0.1) is 6.04 Å². The topological polar surface area (TPSA) is 41.1 Å². The molecule has 0 aromatic heterocycles. The molecule has 1 aromatic rings. The number of benzene rings is 1. The summed E-state index contributed by atoms with van der Waals surface area (Å²) in [6, 6.07) is 7.51. The average molecular weight is 239 g/mol. The van der Waals surface area contributed by atoms with E-state index in [9.17, 15) is 4.79 Å². The second-order valence-corrected chi connectivity index (χ2v) is 4.43. The van der Waals surface area contributed by atoms with Crippen LogP contribution >= 0.6 is 11.6 Å². The lowest BCUT2D eigenvalue weighted by Crippen LogP contribution is -2.39. The van der Waals surface area contributed by atoms with Crippen LogP contribution in [0.25, 0.3) is 0 Å². The van der Waals surface area contributed by atoms with Gasteiger partial charge >= 0.3 is 0 Å². The molecule has 1 amide bonds. The summed E-state index contributed by atoms with van der Waals surface area (Å²) < 4.78 is 0. The summed E-state index contributed by atoms with van der Waals surface area (Å²) in [5, 5.41) is 6.77. The van der Waals surface area contributed by atoms with Crippen molar-refractivity contribution in [3.63, 3.8) is 0 Å². The molecule has 3 nitrogen and oxygen atoms in total. The molecule has 0 bridgehead atoms. The number of hydrogen-bond acceptors (Lipinski definition) is 2. The van der Waals surface area contributed by atoms with Crippen LogP contribution in [-0.2, 0) is 11.3 Å². The summed E-state index contributed by atoms with van der Waals surface area (Å²) in [5.41, 5.74) is 1.03. The van der Waals surface area contributed by atoms with Gasteiger partial charge in [0.1, 0.15) is 0 Å². The van der Waals surface area contributed by atoms with E-state index in [2.05, 4.69) is 10.6 Å². The molecule has 0 spiro atoms. The third kappa shape index (κ3) is 2.97. The lowest BCUT2D eigenvalue weighted by atomic mass is 10.2. The number of carbonyl (C=O) groups excluding carboxylic acids is 1. The molecule has 4 heteroatoms. The first-order valence-corrected chi connectivity index (χ1v) is 5.89. The Hall–Kier alpha value is -1.06. The Kier molecular flexibility index (Phi) is 3.80. The summed E-state index contributed by atoms with van der Waals surface area (Å²) in [6.45, 7) is 1.48. The van der Waals surface area contributed by atoms with Crippen LogP contribution in [0.5, 0.6) is 0 Å². The van der Waals surface area contributed by atoms with Gasteiger partial charge in [0.2, 0.25) is 5.91 Å². The Morgan fingerprint density at radius 1 is 1.56 bits per heavy atom. The molecule has 1 aromatic carbocycles. The van der Waals surface area contributed by atoms with Crippen molar-refractivity contribution >= 4 is 17.5 Å². The molecule has 0 radical (unpaired) electrons. The molecule has 2 rings (SSSR count). The normalized spacial score (nSPS) is 19.7. The van der Waals surface area contributed by atoms with Crippen LogP contribution < -0.4 is 10.6 Å². The first kappa shape index (κ1) is 11.4. The molecule has 0 aliphatic carbocycles. The van der Waals surface area contributed by atoms with E-state index in [0.29, 0.717) is 11.6 Å². The van der Waals surface area contributed by atoms with Crippen LogP contribution in [-0.4, -0.2) is 18.5 Å². The Labute approximate surface area is 100 Å². The molecular formula is C12H15ClN2O. The minimum absolute atomic E-state index is 0.0146. The van der Waals surface area contributed by atoms with Gasteiger partial charge in [-0.05, 0) is 37.1 Å². The molecule has 0 unspecified atom stereocenters. The lowest BCUT2D eigenvalue weighted by Gasteiger charge is -2.11. The minimum atomic E-state index is -0.0146. The number of carbonyl (C=O) groups is 1. The Morgan fingerprint density at radius 2 is 2.44 bits per heavy atom. The zero-order valence-electron chi connectivity index (χ0n) is 9.00. The number of halogens is 1. The van der Waals surface area contributed by atoms with E-state index in [1.165, 1.54) is 0 Å². The monoisotopic (exact) mass is 238 g/mol. The van der Waals surface area contributed by atoms with E-state index in [0.717, 1.165) is 24.9 Å². The Bertz CT molecular complexity index is 375. The molecule has 1 aliphatic heterocycles. The van der Waals surface area contributed by atoms with Gasteiger partial charge in [0.15, 0.2) is 0 Å². The fraction of sp³-hybridized carbons (Fsp3) is 0.417.